The topological polar surface area (TPSA) is 82.1 Å². The van der Waals surface area contributed by atoms with Crippen LogP contribution in [-0.2, 0) is 29.0 Å². The number of benzene rings is 3. The van der Waals surface area contributed by atoms with Crippen molar-refractivity contribution in [3.63, 3.8) is 0 Å². The molecule has 0 saturated heterocycles. The molecule has 9 heteroatoms. The first kappa shape index (κ1) is 30.8. The molecule has 1 aliphatic heterocycles. The number of hydrogen-bond acceptors (Lipinski definition) is 5. The van der Waals surface area contributed by atoms with Crippen molar-refractivity contribution < 1.29 is 19.4 Å². The number of aliphatic hydroxyl groups excluding tert-OH is 1. The molecule has 0 fully saturated rings. The van der Waals surface area contributed by atoms with Gasteiger partial charge in [-0.15, -0.1) is 0 Å². The predicted octanol–water partition coefficient (Wildman–Crippen LogP) is 5.46. The molecule has 0 spiro atoms. The van der Waals surface area contributed by atoms with Crippen molar-refractivity contribution in [2.75, 3.05) is 32.1 Å². The number of likely N-dealkylation sites (N-methyl/N-ethyl adjacent to an activating group) is 1. The molecule has 3 atom stereocenters. The Kier molecular flexibility index (Phi) is 10.7. The maximum Gasteiger partial charge on any atom is 0.228 e. The number of hydrogen-bond donors (Lipinski definition) is 2. The zero-order valence-electron chi connectivity index (χ0n) is 23.6. The van der Waals surface area contributed by atoms with E-state index in [4.69, 9.17) is 27.9 Å². The average Bonchev–Trinajstić information content (AvgIpc) is 2.98. The second-order valence-corrected chi connectivity index (χ2v) is 11.7. The first-order chi connectivity index (χ1) is 19.6. The molecule has 4 rings (SSSR count). The van der Waals surface area contributed by atoms with Crippen molar-refractivity contribution in [1.29, 1.82) is 0 Å². The van der Waals surface area contributed by atoms with Crippen LogP contribution in [-0.4, -0.2) is 65.6 Å². The number of ether oxygens (including phenoxy) is 1. The van der Waals surface area contributed by atoms with Gasteiger partial charge in [-0.3, -0.25) is 14.5 Å². The number of carbonyl (C=O) groups excluding carboxylic acids is 2. The van der Waals surface area contributed by atoms with Gasteiger partial charge in [0.25, 0.3) is 0 Å². The fourth-order valence-corrected chi connectivity index (χ4v) is 5.35. The van der Waals surface area contributed by atoms with Crippen LogP contribution in [0.1, 0.15) is 30.5 Å². The number of amides is 2. The molecule has 0 unspecified atom stereocenters. The van der Waals surface area contributed by atoms with Crippen LogP contribution < -0.4 is 10.1 Å². The maximum atomic E-state index is 13.5. The normalized spacial score (nSPS) is 18.1. The highest BCUT2D eigenvalue weighted by Gasteiger charge is 2.31. The summed E-state index contributed by atoms with van der Waals surface area (Å²) in [6.07, 6.45) is 0.0971. The first-order valence-corrected chi connectivity index (χ1v) is 14.5. The Balaban J connectivity index is 1.56. The van der Waals surface area contributed by atoms with Gasteiger partial charge in [0.05, 0.1) is 35.5 Å². The van der Waals surface area contributed by atoms with E-state index >= 15 is 0 Å². The number of rotatable bonds is 9. The molecule has 41 heavy (non-hydrogen) atoms. The Morgan fingerprint density at radius 1 is 1.10 bits per heavy atom. The SMILES string of the molecule is C[C@H]1CN([C@@H](C)CO)C(=O)Cc2cc(NC(=O)Cc3ccccc3)ccc2O[C@H]1CN(C)Cc1ccc(Cl)c(Cl)c1. The third-order valence-corrected chi connectivity index (χ3v) is 8.07. The van der Waals surface area contributed by atoms with Gasteiger partial charge in [-0.05, 0) is 55.4 Å². The Bertz CT molecular complexity index is 1350. The molecule has 0 radical (unpaired) electrons. The van der Waals surface area contributed by atoms with Gasteiger partial charge >= 0.3 is 0 Å². The van der Waals surface area contributed by atoms with Gasteiger partial charge in [-0.2, -0.15) is 0 Å². The molecule has 0 aliphatic carbocycles. The fourth-order valence-electron chi connectivity index (χ4n) is 5.03. The van der Waals surface area contributed by atoms with E-state index in [-0.39, 0.29) is 49.3 Å². The van der Waals surface area contributed by atoms with E-state index in [2.05, 4.69) is 17.1 Å². The van der Waals surface area contributed by atoms with Crippen LogP contribution in [0.2, 0.25) is 10.0 Å². The highest BCUT2D eigenvalue weighted by molar-refractivity contribution is 6.42. The van der Waals surface area contributed by atoms with E-state index in [1.807, 2.05) is 68.6 Å². The smallest absolute Gasteiger partial charge is 0.228 e. The van der Waals surface area contributed by atoms with Crippen LogP contribution in [0.3, 0.4) is 0 Å². The number of anilines is 1. The Morgan fingerprint density at radius 2 is 1.85 bits per heavy atom. The molecule has 7 nitrogen and oxygen atoms in total. The minimum Gasteiger partial charge on any atom is -0.488 e. The van der Waals surface area contributed by atoms with Gasteiger partial charge in [-0.1, -0.05) is 66.5 Å². The van der Waals surface area contributed by atoms with Gasteiger partial charge < -0.3 is 20.1 Å². The molecule has 2 N–H and O–H groups in total. The van der Waals surface area contributed by atoms with Crippen LogP contribution in [0.5, 0.6) is 5.75 Å². The van der Waals surface area contributed by atoms with Crippen LogP contribution in [0.15, 0.2) is 66.7 Å². The number of aliphatic hydroxyl groups is 1. The maximum absolute atomic E-state index is 13.5. The van der Waals surface area contributed by atoms with Gasteiger partial charge in [0, 0.05) is 36.8 Å². The van der Waals surface area contributed by atoms with Crippen LogP contribution in [0.4, 0.5) is 5.69 Å². The van der Waals surface area contributed by atoms with Gasteiger partial charge in [0.2, 0.25) is 11.8 Å². The lowest BCUT2D eigenvalue weighted by Gasteiger charge is -2.34. The summed E-state index contributed by atoms with van der Waals surface area (Å²) in [5.74, 6) is 0.344. The third-order valence-electron chi connectivity index (χ3n) is 7.34. The molecule has 0 aromatic heterocycles. The third kappa shape index (κ3) is 8.46. The standard InChI is InChI=1S/C32H37Cl2N3O4/c1-21-17-37(22(2)20-38)32(40)16-25-15-26(35-31(39)14-23-7-5-4-6-8-23)10-12-29(25)41-30(21)19-36(3)18-24-9-11-27(33)28(34)13-24/h4-13,15,21-22,30,38H,14,16-20H2,1-3H3,(H,35,39)/t21-,22-,30-/m0/s1. The Hall–Kier alpha value is -3.10. The average molecular weight is 599 g/mol. The summed E-state index contributed by atoms with van der Waals surface area (Å²) >= 11 is 12.3. The summed E-state index contributed by atoms with van der Waals surface area (Å²) in [5.41, 5.74) is 3.23. The minimum absolute atomic E-state index is 0.0274. The molecular weight excluding hydrogens is 561 g/mol. The Labute approximate surface area is 252 Å². The number of carbonyl (C=O) groups is 2. The fraction of sp³-hybridized carbons (Fsp3) is 0.375. The molecule has 1 heterocycles. The van der Waals surface area contributed by atoms with E-state index in [1.54, 1.807) is 17.0 Å². The molecule has 218 valence electrons. The van der Waals surface area contributed by atoms with Crippen molar-refractivity contribution in [2.45, 2.75) is 45.4 Å². The second-order valence-electron chi connectivity index (χ2n) is 10.9. The summed E-state index contributed by atoms with van der Waals surface area (Å²) in [6.45, 7) is 5.44. The number of fused-ring (bicyclic) bond motifs is 1. The van der Waals surface area contributed by atoms with E-state index in [9.17, 15) is 14.7 Å². The minimum atomic E-state index is -0.338. The summed E-state index contributed by atoms with van der Waals surface area (Å²) < 4.78 is 6.60. The summed E-state index contributed by atoms with van der Waals surface area (Å²) in [5, 5.41) is 13.9. The second kappa shape index (κ2) is 14.2. The van der Waals surface area contributed by atoms with Crippen molar-refractivity contribution in [3.8, 4) is 5.75 Å². The van der Waals surface area contributed by atoms with E-state index in [0.717, 1.165) is 11.1 Å². The summed E-state index contributed by atoms with van der Waals surface area (Å²) in [4.78, 5) is 30.1. The first-order valence-electron chi connectivity index (χ1n) is 13.8. The van der Waals surface area contributed by atoms with Crippen LogP contribution in [0.25, 0.3) is 0 Å². The van der Waals surface area contributed by atoms with Gasteiger partial charge in [-0.25, -0.2) is 0 Å². The molecular formula is C32H37Cl2N3O4. The highest BCUT2D eigenvalue weighted by atomic mass is 35.5. The predicted molar refractivity (Wildman–Crippen MR) is 164 cm³/mol. The lowest BCUT2D eigenvalue weighted by atomic mass is 10.0. The van der Waals surface area contributed by atoms with Crippen molar-refractivity contribution in [3.05, 3.63) is 93.5 Å². The van der Waals surface area contributed by atoms with Crippen LogP contribution >= 0.6 is 23.2 Å². The largest absolute Gasteiger partial charge is 0.488 e. The molecule has 0 saturated carbocycles. The van der Waals surface area contributed by atoms with E-state index in [1.165, 1.54) is 0 Å². The molecule has 1 aliphatic rings. The lowest BCUT2D eigenvalue weighted by Crippen LogP contribution is -2.47. The lowest BCUT2D eigenvalue weighted by molar-refractivity contribution is -0.134. The van der Waals surface area contributed by atoms with Gasteiger partial charge in [0.1, 0.15) is 11.9 Å². The zero-order valence-corrected chi connectivity index (χ0v) is 25.2. The zero-order chi connectivity index (χ0) is 29.5. The molecule has 3 aromatic carbocycles. The van der Waals surface area contributed by atoms with E-state index < -0.39 is 0 Å². The summed E-state index contributed by atoms with van der Waals surface area (Å²) in [6, 6.07) is 20.2. The quantitative estimate of drug-likeness (QED) is 0.342. The van der Waals surface area contributed by atoms with E-state index in [0.29, 0.717) is 46.7 Å². The van der Waals surface area contributed by atoms with Crippen LogP contribution in [0, 0.1) is 5.92 Å². The van der Waals surface area contributed by atoms with Crippen molar-refractivity contribution in [1.82, 2.24) is 9.80 Å². The number of halogens is 2. The number of nitrogens with one attached hydrogen (secondary N) is 1. The Morgan fingerprint density at radius 3 is 2.56 bits per heavy atom. The highest BCUT2D eigenvalue weighted by Crippen LogP contribution is 2.30. The van der Waals surface area contributed by atoms with Gasteiger partial charge in [0.15, 0.2) is 0 Å². The van der Waals surface area contributed by atoms with Crippen molar-refractivity contribution >= 4 is 40.7 Å². The summed E-state index contributed by atoms with van der Waals surface area (Å²) in [7, 11) is 2.01. The van der Waals surface area contributed by atoms with Crippen molar-refractivity contribution in [2.24, 2.45) is 5.92 Å². The molecule has 0 bridgehead atoms. The molecule has 3 aromatic rings. The number of nitrogens with zero attached hydrogens (tertiary/aromatic N) is 2. The monoisotopic (exact) mass is 597 g/mol. The molecule has 2 amide bonds.